The first-order valence-electron chi connectivity index (χ1n) is 22.8. The number of carboxylic acids is 1. The van der Waals surface area contributed by atoms with Crippen LogP contribution in [0.25, 0.3) is 0 Å². The van der Waals surface area contributed by atoms with E-state index in [-0.39, 0.29) is 32.1 Å². The summed E-state index contributed by atoms with van der Waals surface area (Å²) in [5.74, 6) is -2.70. The van der Waals surface area contributed by atoms with Crippen molar-refractivity contribution in [3.8, 4) is 0 Å². The van der Waals surface area contributed by atoms with Crippen LogP contribution in [0.5, 0.6) is 0 Å². The molecule has 348 valence electrons. The molecule has 0 aliphatic carbocycles. The van der Waals surface area contributed by atoms with Gasteiger partial charge in [-0.05, 0) is 51.4 Å². The topological polar surface area (TPSA) is 212 Å². The largest absolute Gasteiger partial charge is 0.480 e. The monoisotopic (exact) mass is 872 g/mol. The van der Waals surface area contributed by atoms with Crippen molar-refractivity contribution in [1.82, 2.24) is 0 Å². The highest BCUT2D eigenvalue weighted by atomic mass is 31.2. The molecule has 0 aliphatic heterocycles. The van der Waals surface area contributed by atoms with E-state index in [0.29, 0.717) is 12.8 Å². The maximum absolute atomic E-state index is 12.7. The van der Waals surface area contributed by atoms with E-state index in [1.807, 2.05) is 12.2 Å². The number of nitrogens with two attached hydrogens (primary N) is 1. The van der Waals surface area contributed by atoms with Crippen LogP contribution in [-0.2, 0) is 37.5 Å². The Labute approximate surface area is 361 Å². The second kappa shape index (κ2) is 40.4. The minimum Gasteiger partial charge on any atom is -0.480 e. The molecule has 13 nitrogen and oxygen atoms in total. The predicted octanol–water partition coefficient (Wildman–Crippen LogP) is 10.1. The van der Waals surface area contributed by atoms with Gasteiger partial charge in [-0.3, -0.25) is 23.4 Å². The number of hydrogen-bond donors (Lipinski definition) is 5. The van der Waals surface area contributed by atoms with E-state index in [1.165, 1.54) is 83.5 Å². The van der Waals surface area contributed by atoms with Crippen molar-refractivity contribution in [2.24, 2.45) is 5.73 Å². The van der Waals surface area contributed by atoms with Crippen LogP contribution in [0.4, 0.5) is 0 Å². The van der Waals surface area contributed by atoms with Crippen LogP contribution in [0.1, 0.15) is 181 Å². The second-order valence-electron chi connectivity index (χ2n) is 15.5. The Morgan fingerprint density at radius 1 is 0.583 bits per heavy atom. The molecular weight excluding hydrogens is 789 g/mol. The lowest BCUT2D eigenvalue weighted by Gasteiger charge is -2.20. The number of hydrogen-bond acceptors (Lipinski definition) is 11. The van der Waals surface area contributed by atoms with Gasteiger partial charge in [0.25, 0.3) is 0 Å². The number of phosphoric ester groups is 1. The molecular formula is C46H82NO12P. The Balaban J connectivity index is 4.55. The van der Waals surface area contributed by atoms with Crippen LogP contribution in [-0.4, -0.2) is 82.3 Å². The van der Waals surface area contributed by atoms with E-state index < -0.39 is 69.9 Å². The molecule has 0 amide bonds. The summed E-state index contributed by atoms with van der Waals surface area (Å²) in [6.45, 7) is 2.40. The second-order valence-corrected chi connectivity index (χ2v) is 16.9. The standard InChI is InChI=1S/C46H82NO12P/c1-3-5-7-9-11-13-15-17-18-19-20-21-23-25-27-29-31-35-45(51)59-40(38-57-60(54,55)58-39-41(47)46(52)53)37-56-44(50)36-32-34-43(49)42(48)33-30-28-26-24-22-16-14-12-10-8-6-4-2/h6,8,12,14,22,24,28,30,40-43,48-49H,3-5,7,9-11,13,15-21,23,25-27,29,31-39,47H2,1-2H3,(H,52,53)(H,54,55)/b8-6-,14-12-,24-22-,30-28-/t40-,41+,42+,43+/m1/s1. The Morgan fingerprint density at radius 2 is 1.03 bits per heavy atom. The van der Waals surface area contributed by atoms with Gasteiger partial charge in [0.05, 0.1) is 25.4 Å². The molecule has 0 aliphatic rings. The number of carbonyl (C=O) groups is 3. The van der Waals surface area contributed by atoms with Crippen molar-refractivity contribution in [2.75, 3.05) is 19.8 Å². The van der Waals surface area contributed by atoms with Crippen molar-refractivity contribution in [2.45, 2.75) is 205 Å². The predicted molar refractivity (Wildman–Crippen MR) is 238 cm³/mol. The SMILES string of the molecule is CC/C=C\C/C=C\C/C=C\C/C=C\C[C@H](O)[C@@H](O)CCCC(=O)OC[C@H](COP(=O)(O)OC[C@H](N)C(=O)O)OC(=O)CCCCCCCCCCCCCCCCCCC. The van der Waals surface area contributed by atoms with Crippen LogP contribution < -0.4 is 5.73 Å². The highest BCUT2D eigenvalue weighted by Gasteiger charge is 2.28. The van der Waals surface area contributed by atoms with Crippen LogP contribution in [0, 0.1) is 0 Å². The highest BCUT2D eigenvalue weighted by molar-refractivity contribution is 7.47. The van der Waals surface area contributed by atoms with Gasteiger partial charge < -0.3 is 35.4 Å². The number of unbranched alkanes of at least 4 members (excludes halogenated alkanes) is 16. The molecule has 0 rings (SSSR count). The maximum atomic E-state index is 12.7. The number of esters is 2. The summed E-state index contributed by atoms with van der Waals surface area (Å²) in [7, 11) is -4.79. The third-order valence-corrected chi connectivity index (χ3v) is 10.7. The van der Waals surface area contributed by atoms with Crippen LogP contribution in [0.15, 0.2) is 48.6 Å². The maximum Gasteiger partial charge on any atom is 0.472 e. The van der Waals surface area contributed by atoms with Gasteiger partial charge >= 0.3 is 25.7 Å². The van der Waals surface area contributed by atoms with Gasteiger partial charge in [0.2, 0.25) is 0 Å². The van der Waals surface area contributed by atoms with Gasteiger partial charge in [0.15, 0.2) is 6.10 Å². The molecule has 0 saturated carbocycles. The number of aliphatic hydroxyl groups excluding tert-OH is 2. The lowest BCUT2D eigenvalue weighted by atomic mass is 10.0. The van der Waals surface area contributed by atoms with E-state index in [1.54, 1.807) is 6.08 Å². The van der Waals surface area contributed by atoms with E-state index in [2.05, 4.69) is 48.8 Å². The first-order chi connectivity index (χ1) is 28.9. The molecule has 0 fully saturated rings. The number of ether oxygens (including phenoxy) is 2. The Hall–Kier alpha value is -2.64. The average Bonchev–Trinajstić information content (AvgIpc) is 3.22. The summed E-state index contributed by atoms with van der Waals surface area (Å²) in [6, 6.07) is -1.56. The van der Waals surface area contributed by atoms with Crippen molar-refractivity contribution in [3.05, 3.63) is 48.6 Å². The zero-order valence-electron chi connectivity index (χ0n) is 37.0. The van der Waals surface area contributed by atoms with Gasteiger partial charge in [-0.1, -0.05) is 165 Å². The van der Waals surface area contributed by atoms with Gasteiger partial charge in [-0.2, -0.15) is 0 Å². The number of rotatable bonds is 42. The van der Waals surface area contributed by atoms with Crippen LogP contribution in [0.2, 0.25) is 0 Å². The third kappa shape index (κ3) is 38.3. The molecule has 0 spiro atoms. The van der Waals surface area contributed by atoms with Gasteiger partial charge in [0.1, 0.15) is 12.6 Å². The molecule has 0 heterocycles. The summed E-state index contributed by atoms with van der Waals surface area (Å²) in [5, 5.41) is 29.6. The Kier molecular flexibility index (Phi) is 38.7. The molecule has 60 heavy (non-hydrogen) atoms. The summed E-state index contributed by atoms with van der Waals surface area (Å²) in [4.78, 5) is 46.1. The zero-order chi connectivity index (χ0) is 44.5. The van der Waals surface area contributed by atoms with Gasteiger partial charge in [0, 0.05) is 12.8 Å². The first-order valence-corrected chi connectivity index (χ1v) is 24.3. The number of carboxylic acid groups (broad SMARTS) is 1. The molecule has 14 heteroatoms. The molecule has 1 unspecified atom stereocenters. The minimum atomic E-state index is -4.79. The van der Waals surface area contributed by atoms with Gasteiger partial charge in [-0.15, -0.1) is 0 Å². The number of aliphatic hydroxyl groups is 2. The number of phosphoric acid groups is 1. The zero-order valence-corrected chi connectivity index (χ0v) is 37.9. The molecule has 0 aromatic rings. The highest BCUT2D eigenvalue weighted by Crippen LogP contribution is 2.43. The van der Waals surface area contributed by atoms with Crippen LogP contribution >= 0.6 is 7.82 Å². The van der Waals surface area contributed by atoms with E-state index in [0.717, 1.165) is 38.5 Å². The van der Waals surface area contributed by atoms with Crippen molar-refractivity contribution >= 4 is 25.7 Å². The van der Waals surface area contributed by atoms with E-state index in [4.69, 9.17) is 24.8 Å². The molecule has 0 bridgehead atoms. The molecule has 0 aromatic heterocycles. The number of allylic oxidation sites excluding steroid dienone is 7. The fourth-order valence-electron chi connectivity index (χ4n) is 6.09. The Bertz CT molecular complexity index is 1240. The first kappa shape index (κ1) is 57.4. The van der Waals surface area contributed by atoms with Crippen molar-refractivity contribution in [3.63, 3.8) is 0 Å². The van der Waals surface area contributed by atoms with E-state index in [9.17, 15) is 34.1 Å². The minimum absolute atomic E-state index is 0.0940. The van der Waals surface area contributed by atoms with E-state index >= 15 is 0 Å². The van der Waals surface area contributed by atoms with Gasteiger partial charge in [-0.25, -0.2) is 4.57 Å². The molecule has 0 radical (unpaired) electrons. The number of carbonyl (C=O) groups excluding carboxylic acids is 2. The average molecular weight is 872 g/mol. The summed E-state index contributed by atoms with van der Waals surface area (Å²) < 4.78 is 32.5. The quantitative estimate of drug-likeness (QED) is 0.0167. The smallest absolute Gasteiger partial charge is 0.472 e. The number of aliphatic carboxylic acids is 1. The molecule has 0 saturated heterocycles. The third-order valence-electron chi connectivity index (χ3n) is 9.79. The molecule has 0 aromatic carbocycles. The lowest BCUT2D eigenvalue weighted by molar-refractivity contribution is -0.161. The summed E-state index contributed by atoms with van der Waals surface area (Å²) >= 11 is 0. The summed E-state index contributed by atoms with van der Waals surface area (Å²) in [6.07, 6.45) is 37.8. The fourth-order valence-corrected chi connectivity index (χ4v) is 6.87. The normalized spacial score (nSPS) is 15.2. The van der Waals surface area contributed by atoms with Crippen molar-refractivity contribution < 1.29 is 57.7 Å². The fraction of sp³-hybridized carbons (Fsp3) is 0.761. The van der Waals surface area contributed by atoms with Crippen LogP contribution in [0.3, 0.4) is 0 Å². The van der Waals surface area contributed by atoms with Crippen molar-refractivity contribution in [1.29, 1.82) is 0 Å². The Morgan fingerprint density at radius 3 is 1.53 bits per heavy atom. The molecule has 6 N–H and O–H groups in total. The summed E-state index contributed by atoms with van der Waals surface area (Å²) in [5.41, 5.74) is 5.32. The molecule has 5 atom stereocenters. The lowest BCUT2D eigenvalue weighted by Crippen LogP contribution is -2.34.